The largest absolute Gasteiger partial charge is 0.465 e. The van der Waals surface area contributed by atoms with Crippen LogP contribution in [0.3, 0.4) is 0 Å². The summed E-state index contributed by atoms with van der Waals surface area (Å²) in [7, 11) is 0. The predicted molar refractivity (Wildman–Crippen MR) is 86.6 cm³/mol. The number of benzene rings is 2. The van der Waals surface area contributed by atoms with Gasteiger partial charge in [0.15, 0.2) is 0 Å². The molecule has 2 aromatic rings. The van der Waals surface area contributed by atoms with Crippen LogP contribution in [0.25, 0.3) is 0 Å². The summed E-state index contributed by atoms with van der Waals surface area (Å²) in [6.45, 7) is 2.09. The third kappa shape index (κ3) is 2.00. The van der Waals surface area contributed by atoms with Gasteiger partial charge >= 0.3 is 0 Å². The first-order valence-corrected chi connectivity index (χ1v) is 7.59. The second-order valence-electron chi connectivity index (χ2n) is 5.92. The Bertz CT molecular complexity index is 817. The number of fused-ring (bicyclic) bond motifs is 2. The Balaban J connectivity index is 1.70. The van der Waals surface area contributed by atoms with E-state index in [1.807, 2.05) is 36.4 Å². The fraction of sp³-hybridized carbons (Fsp3) is 0.222. The summed E-state index contributed by atoms with van der Waals surface area (Å²) in [5.41, 5.74) is 0.992. The fourth-order valence-corrected chi connectivity index (χ4v) is 3.11. The van der Waals surface area contributed by atoms with Gasteiger partial charge < -0.3 is 15.0 Å². The molecule has 0 saturated carbocycles. The van der Waals surface area contributed by atoms with Crippen LogP contribution in [0.1, 0.15) is 12.5 Å². The molecule has 0 radical (unpaired) electrons. The van der Waals surface area contributed by atoms with E-state index in [4.69, 9.17) is 4.74 Å². The second kappa shape index (κ2) is 4.84. The molecule has 2 amide bonds. The zero-order valence-corrected chi connectivity index (χ0v) is 12.7. The SMILES string of the molecule is CC1(C(=O)N2CCc3ccccc32)Oc2ccccc2NC1=O. The average Bonchev–Trinajstić information content (AvgIpc) is 2.99. The van der Waals surface area contributed by atoms with E-state index in [9.17, 15) is 9.59 Å². The van der Waals surface area contributed by atoms with Crippen molar-refractivity contribution >= 4 is 23.2 Å². The number of hydrogen-bond acceptors (Lipinski definition) is 3. The van der Waals surface area contributed by atoms with Crippen molar-refractivity contribution in [3.63, 3.8) is 0 Å². The number of anilines is 2. The first-order valence-electron chi connectivity index (χ1n) is 7.59. The Hall–Kier alpha value is -2.82. The van der Waals surface area contributed by atoms with Crippen LogP contribution in [-0.4, -0.2) is 24.0 Å². The quantitative estimate of drug-likeness (QED) is 0.823. The van der Waals surface area contributed by atoms with E-state index in [0.717, 1.165) is 17.7 Å². The summed E-state index contributed by atoms with van der Waals surface area (Å²) in [6.07, 6.45) is 0.788. The lowest BCUT2D eigenvalue weighted by atomic mass is 10.0. The van der Waals surface area contributed by atoms with E-state index in [1.54, 1.807) is 17.0 Å². The minimum Gasteiger partial charge on any atom is -0.465 e. The van der Waals surface area contributed by atoms with Crippen LogP contribution in [0.5, 0.6) is 5.75 Å². The van der Waals surface area contributed by atoms with Gasteiger partial charge in [-0.05, 0) is 37.1 Å². The van der Waals surface area contributed by atoms with Crippen molar-refractivity contribution in [1.82, 2.24) is 0 Å². The Morgan fingerprint density at radius 3 is 2.78 bits per heavy atom. The molecule has 5 nitrogen and oxygen atoms in total. The van der Waals surface area contributed by atoms with Crippen LogP contribution in [0.2, 0.25) is 0 Å². The first kappa shape index (κ1) is 13.8. The van der Waals surface area contributed by atoms with Crippen molar-refractivity contribution in [2.45, 2.75) is 18.9 Å². The molecular weight excluding hydrogens is 292 g/mol. The number of ether oxygens (including phenoxy) is 1. The van der Waals surface area contributed by atoms with Crippen LogP contribution >= 0.6 is 0 Å². The molecule has 0 bridgehead atoms. The highest BCUT2D eigenvalue weighted by molar-refractivity contribution is 6.20. The molecule has 2 aliphatic heterocycles. The van der Waals surface area contributed by atoms with Gasteiger partial charge in [0.2, 0.25) is 0 Å². The maximum absolute atomic E-state index is 13.0. The van der Waals surface area contributed by atoms with Crippen molar-refractivity contribution < 1.29 is 14.3 Å². The molecule has 4 rings (SSSR count). The van der Waals surface area contributed by atoms with Crippen molar-refractivity contribution in [1.29, 1.82) is 0 Å². The van der Waals surface area contributed by atoms with E-state index in [2.05, 4.69) is 5.32 Å². The number of carbonyl (C=O) groups is 2. The highest BCUT2D eigenvalue weighted by atomic mass is 16.5. The van der Waals surface area contributed by atoms with E-state index in [0.29, 0.717) is 18.0 Å². The molecule has 1 atom stereocenters. The molecule has 1 unspecified atom stereocenters. The monoisotopic (exact) mass is 308 g/mol. The Morgan fingerprint density at radius 1 is 1.17 bits per heavy atom. The van der Waals surface area contributed by atoms with Gasteiger partial charge in [-0.2, -0.15) is 0 Å². The summed E-state index contributed by atoms with van der Waals surface area (Å²) in [5.74, 6) is -0.268. The van der Waals surface area contributed by atoms with Gasteiger partial charge in [0.1, 0.15) is 5.75 Å². The molecule has 2 heterocycles. The van der Waals surface area contributed by atoms with E-state index in [1.165, 1.54) is 6.92 Å². The summed E-state index contributed by atoms with van der Waals surface area (Å²) in [5, 5.41) is 2.77. The van der Waals surface area contributed by atoms with Gasteiger partial charge in [0.25, 0.3) is 17.4 Å². The zero-order valence-electron chi connectivity index (χ0n) is 12.7. The first-order chi connectivity index (χ1) is 11.1. The van der Waals surface area contributed by atoms with Crippen LogP contribution in [-0.2, 0) is 16.0 Å². The van der Waals surface area contributed by atoms with Crippen molar-refractivity contribution in [2.24, 2.45) is 0 Å². The Labute approximate surface area is 133 Å². The van der Waals surface area contributed by atoms with Crippen LogP contribution < -0.4 is 15.0 Å². The molecule has 0 spiro atoms. The van der Waals surface area contributed by atoms with E-state index >= 15 is 0 Å². The van der Waals surface area contributed by atoms with Gasteiger partial charge in [-0.3, -0.25) is 9.59 Å². The average molecular weight is 308 g/mol. The van der Waals surface area contributed by atoms with E-state index < -0.39 is 11.5 Å². The molecule has 116 valence electrons. The molecule has 1 N–H and O–H groups in total. The molecule has 23 heavy (non-hydrogen) atoms. The van der Waals surface area contributed by atoms with Gasteiger partial charge in [-0.1, -0.05) is 30.3 Å². The summed E-state index contributed by atoms with van der Waals surface area (Å²) in [4.78, 5) is 27.2. The standard InChI is InChI=1S/C18H16N2O3/c1-18(16(21)19-13-7-3-5-9-15(13)23-18)17(22)20-11-10-12-6-2-4-8-14(12)20/h2-9H,10-11H2,1H3,(H,19,21). The molecule has 0 fully saturated rings. The van der Waals surface area contributed by atoms with Crippen LogP contribution in [0.15, 0.2) is 48.5 Å². The van der Waals surface area contributed by atoms with Crippen molar-refractivity contribution in [3.05, 3.63) is 54.1 Å². The minimum atomic E-state index is -1.56. The highest BCUT2D eigenvalue weighted by Crippen LogP contribution is 2.36. The van der Waals surface area contributed by atoms with Crippen molar-refractivity contribution in [3.8, 4) is 5.75 Å². The Kier molecular flexibility index (Phi) is 2.91. The third-order valence-corrected chi connectivity index (χ3v) is 4.42. The zero-order chi connectivity index (χ0) is 16.0. The number of nitrogens with zero attached hydrogens (tertiary/aromatic N) is 1. The number of carbonyl (C=O) groups excluding carboxylic acids is 2. The maximum Gasteiger partial charge on any atom is 0.280 e. The highest BCUT2D eigenvalue weighted by Gasteiger charge is 2.50. The molecule has 2 aliphatic rings. The van der Waals surface area contributed by atoms with Gasteiger partial charge in [0, 0.05) is 12.2 Å². The lowest BCUT2D eigenvalue weighted by molar-refractivity contribution is -0.144. The number of hydrogen-bond donors (Lipinski definition) is 1. The summed E-state index contributed by atoms with van der Waals surface area (Å²) in [6, 6.07) is 14.9. The van der Waals surface area contributed by atoms with Crippen LogP contribution in [0, 0.1) is 0 Å². The summed E-state index contributed by atoms with van der Waals surface area (Å²) >= 11 is 0. The minimum absolute atomic E-state index is 0.338. The number of para-hydroxylation sites is 3. The molecule has 0 aliphatic carbocycles. The lowest BCUT2D eigenvalue weighted by Crippen LogP contribution is -2.59. The fourth-order valence-electron chi connectivity index (χ4n) is 3.11. The molecular formula is C18H16N2O3. The molecule has 5 heteroatoms. The number of rotatable bonds is 1. The lowest BCUT2D eigenvalue weighted by Gasteiger charge is -2.35. The Morgan fingerprint density at radius 2 is 1.91 bits per heavy atom. The molecule has 2 aromatic carbocycles. The summed E-state index contributed by atoms with van der Waals surface area (Å²) < 4.78 is 5.82. The second-order valence-corrected chi connectivity index (χ2v) is 5.92. The normalized spacial score (nSPS) is 22.0. The maximum atomic E-state index is 13.0. The van der Waals surface area contributed by atoms with Gasteiger partial charge in [-0.25, -0.2) is 0 Å². The van der Waals surface area contributed by atoms with Crippen LogP contribution in [0.4, 0.5) is 11.4 Å². The van der Waals surface area contributed by atoms with E-state index in [-0.39, 0.29) is 5.91 Å². The smallest absolute Gasteiger partial charge is 0.280 e. The van der Waals surface area contributed by atoms with Gasteiger partial charge in [-0.15, -0.1) is 0 Å². The molecule has 0 saturated heterocycles. The number of nitrogens with one attached hydrogen (secondary N) is 1. The topological polar surface area (TPSA) is 58.6 Å². The van der Waals surface area contributed by atoms with Crippen molar-refractivity contribution in [2.75, 3.05) is 16.8 Å². The van der Waals surface area contributed by atoms with Gasteiger partial charge in [0.05, 0.1) is 5.69 Å². The third-order valence-electron chi connectivity index (χ3n) is 4.42. The predicted octanol–water partition coefficient (Wildman–Crippen LogP) is 2.37. The molecule has 0 aromatic heterocycles. The number of amides is 2.